The second-order valence-corrected chi connectivity index (χ2v) is 4.25. The van der Waals surface area contributed by atoms with Gasteiger partial charge in [-0.2, -0.15) is 0 Å². The molecule has 17 heavy (non-hydrogen) atoms. The molecule has 1 fully saturated rings. The van der Waals surface area contributed by atoms with Crippen LogP contribution in [-0.2, 0) is 9.59 Å². The fourth-order valence-corrected chi connectivity index (χ4v) is 1.62. The van der Waals surface area contributed by atoms with Crippen molar-refractivity contribution in [1.82, 2.24) is 20.6 Å². The average molecular weight is 234 g/mol. The van der Waals surface area contributed by atoms with Gasteiger partial charge in [-0.15, -0.1) is 0 Å². The van der Waals surface area contributed by atoms with Gasteiger partial charge < -0.3 is 15.6 Å². The molecule has 6 heteroatoms. The van der Waals surface area contributed by atoms with E-state index in [1.54, 1.807) is 12.3 Å². The Labute approximate surface area is 98.5 Å². The molecule has 0 bridgehead atoms. The lowest BCUT2D eigenvalue weighted by atomic mass is 10.0. The molecule has 6 nitrogen and oxygen atoms in total. The molecule has 1 aromatic rings. The second kappa shape index (κ2) is 4.40. The Bertz CT molecular complexity index is 462. The molecule has 2 amide bonds. The van der Waals surface area contributed by atoms with Gasteiger partial charge >= 0.3 is 0 Å². The summed E-state index contributed by atoms with van der Waals surface area (Å²) >= 11 is 0. The number of nitrogens with zero attached hydrogens (tertiary/aromatic N) is 1. The van der Waals surface area contributed by atoms with Gasteiger partial charge in [0.05, 0.1) is 18.2 Å². The molecule has 90 valence electrons. The van der Waals surface area contributed by atoms with Crippen molar-refractivity contribution in [2.75, 3.05) is 0 Å². The molecule has 0 radical (unpaired) electrons. The summed E-state index contributed by atoms with van der Waals surface area (Å²) in [6.07, 6.45) is 4.63. The van der Waals surface area contributed by atoms with Gasteiger partial charge in [0.15, 0.2) is 0 Å². The second-order valence-electron chi connectivity index (χ2n) is 4.25. The maximum atomic E-state index is 11.8. The molecule has 2 rings (SSSR count). The number of nitrogens with one attached hydrogen (secondary N) is 3. The fraction of sp³-hybridized carbons (Fsp3) is 0.364. The number of aromatic nitrogens is 2. The number of amides is 2. The highest BCUT2D eigenvalue weighted by Gasteiger charge is 2.31. The highest BCUT2D eigenvalue weighted by molar-refractivity contribution is 6.07. The lowest BCUT2D eigenvalue weighted by Gasteiger charge is -2.27. The molecule has 1 aromatic heterocycles. The first-order chi connectivity index (χ1) is 8.08. The van der Waals surface area contributed by atoms with E-state index in [1.165, 1.54) is 6.33 Å². The summed E-state index contributed by atoms with van der Waals surface area (Å²) in [5.41, 5.74) is 0.898. The van der Waals surface area contributed by atoms with Gasteiger partial charge in [0.25, 0.3) is 5.91 Å². The maximum Gasteiger partial charge on any atom is 0.268 e. The first-order valence-electron chi connectivity index (χ1n) is 5.39. The lowest BCUT2D eigenvalue weighted by Crippen LogP contribution is -2.56. The van der Waals surface area contributed by atoms with E-state index in [0.29, 0.717) is 5.69 Å². The van der Waals surface area contributed by atoms with E-state index in [9.17, 15) is 9.59 Å². The molecule has 3 N–H and O–H groups in total. The van der Waals surface area contributed by atoms with E-state index < -0.39 is 6.04 Å². The van der Waals surface area contributed by atoms with Gasteiger partial charge in [0, 0.05) is 0 Å². The van der Waals surface area contributed by atoms with Crippen molar-refractivity contribution in [3.63, 3.8) is 0 Å². The molecule has 1 atom stereocenters. The lowest BCUT2D eigenvalue weighted by molar-refractivity contribution is -0.132. The van der Waals surface area contributed by atoms with Crippen LogP contribution in [0.2, 0.25) is 0 Å². The van der Waals surface area contributed by atoms with Gasteiger partial charge in [0.2, 0.25) is 5.91 Å². The number of carbonyl (C=O) groups excluding carboxylic acids is 2. The van der Waals surface area contributed by atoms with Crippen LogP contribution < -0.4 is 10.6 Å². The van der Waals surface area contributed by atoms with E-state index in [0.717, 1.165) is 0 Å². The summed E-state index contributed by atoms with van der Waals surface area (Å²) < 4.78 is 0. The number of hydrogen-bond donors (Lipinski definition) is 3. The van der Waals surface area contributed by atoms with Crippen molar-refractivity contribution in [3.05, 3.63) is 23.9 Å². The SMILES string of the molecule is CC(C)[C@H]1NC(=O)/C(=C/c2cnc[nH]2)NC1=O. The Morgan fingerprint density at radius 2 is 2.18 bits per heavy atom. The van der Waals surface area contributed by atoms with Crippen molar-refractivity contribution in [2.45, 2.75) is 19.9 Å². The molecular formula is C11H14N4O2. The number of hydrogen-bond acceptors (Lipinski definition) is 3. The zero-order valence-electron chi connectivity index (χ0n) is 9.65. The standard InChI is InChI=1S/C11H14N4O2/c1-6(2)9-11(17)14-8(10(16)15-9)3-7-4-12-5-13-7/h3-6,9H,1-2H3,(H,12,13)(H,14,17)(H,15,16)/b8-3-/t9-/m1/s1. The highest BCUT2D eigenvalue weighted by Crippen LogP contribution is 2.10. The summed E-state index contributed by atoms with van der Waals surface area (Å²) in [7, 11) is 0. The van der Waals surface area contributed by atoms with E-state index in [1.807, 2.05) is 13.8 Å². The first kappa shape index (κ1) is 11.4. The zero-order valence-corrected chi connectivity index (χ0v) is 9.65. The van der Waals surface area contributed by atoms with Crippen LogP contribution in [0, 0.1) is 5.92 Å². The van der Waals surface area contributed by atoms with E-state index in [-0.39, 0.29) is 23.4 Å². The molecule has 0 unspecified atom stereocenters. The Balaban J connectivity index is 2.18. The van der Waals surface area contributed by atoms with Gasteiger partial charge in [-0.05, 0) is 12.0 Å². The molecular weight excluding hydrogens is 220 g/mol. The number of imidazole rings is 1. The van der Waals surface area contributed by atoms with Gasteiger partial charge in [-0.25, -0.2) is 4.98 Å². The minimum Gasteiger partial charge on any atom is -0.345 e. The van der Waals surface area contributed by atoms with Crippen LogP contribution in [0.5, 0.6) is 0 Å². The minimum absolute atomic E-state index is 0.0626. The van der Waals surface area contributed by atoms with Crippen LogP contribution in [0.15, 0.2) is 18.2 Å². The van der Waals surface area contributed by atoms with Gasteiger partial charge in [0.1, 0.15) is 11.7 Å². The van der Waals surface area contributed by atoms with E-state index in [4.69, 9.17) is 0 Å². The zero-order chi connectivity index (χ0) is 12.4. The third-order valence-corrected chi connectivity index (χ3v) is 2.56. The Kier molecular flexibility index (Phi) is 2.95. The van der Waals surface area contributed by atoms with Gasteiger partial charge in [-0.1, -0.05) is 13.8 Å². The van der Waals surface area contributed by atoms with Crippen molar-refractivity contribution in [1.29, 1.82) is 0 Å². The van der Waals surface area contributed by atoms with E-state index in [2.05, 4.69) is 20.6 Å². The highest BCUT2D eigenvalue weighted by atomic mass is 16.2. The van der Waals surface area contributed by atoms with Crippen LogP contribution in [0.4, 0.5) is 0 Å². The number of H-pyrrole nitrogens is 1. The molecule has 2 heterocycles. The molecule has 0 aliphatic carbocycles. The summed E-state index contributed by atoms with van der Waals surface area (Å²) in [5, 5.41) is 5.27. The maximum absolute atomic E-state index is 11.8. The minimum atomic E-state index is -0.471. The smallest absolute Gasteiger partial charge is 0.268 e. The van der Waals surface area contributed by atoms with Crippen LogP contribution in [0.3, 0.4) is 0 Å². The van der Waals surface area contributed by atoms with Crippen LogP contribution in [-0.4, -0.2) is 27.8 Å². The molecule has 1 aliphatic rings. The van der Waals surface area contributed by atoms with Crippen molar-refractivity contribution in [3.8, 4) is 0 Å². The molecule has 1 aliphatic heterocycles. The topological polar surface area (TPSA) is 86.9 Å². The third-order valence-electron chi connectivity index (χ3n) is 2.56. The predicted octanol–water partition coefficient (Wildman–Crippen LogP) is 0.0212. The van der Waals surface area contributed by atoms with Crippen molar-refractivity contribution in [2.24, 2.45) is 5.92 Å². The van der Waals surface area contributed by atoms with Crippen molar-refractivity contribution >= 4 is 17.9 Å². The largest absolute Gasteiger partial charge is 0.345 e. The number of piperazine rings is 1. The monoisotopic (exact) mass is 234 g/mol. The summed E-state index contributed by atoms with van der Waals surface area (Å²) in [5.74, 6) is -0.407. The quantitative estimate of drug-likeness (QED) is 0.630. The summed E-state index contributed by atoms with van der Waals surface area (Å²) in [6.45, 7) is 3.77. The Hall–Kier alpha value is -2.11. The van der Waals surface area contributed by atoms with E-state index >= 15 is 0 Å². The van der Waals surface area contributed by atoms with Crippen molar-refractivity contribution < 1.29 is 9.59 Å². The number of aromatic amines is 1. The number of rotatable bonds is 2. The predicted molar refractivity (Wildman–Crippen MR) is 61.5 cm³/mol. The Morgan fingerprint density at radius 3 is 2.76 bits per heavy atom. The number of carbonyl (C=O) groups is 2. The fourth-order valence-electron chi connectivity index (χ4n) is 1.62. The molecule has 0 saturated carbocycles. The molecule has 0 spiro atoms. The normalized spacial score (nSPS) is 22.8. The average Bonchev–Trinajstić information content (AvgIpc) is 2.75. The first-order valence-corrected chi connectivity index (χ1v) is 5.39. The summed E-state index contributed by atoms with van der Waals surface area (Å²) in [4.78, 5) is 30.1. The van der Waals surface area contributed by atoms with Crippen LogP contribution in [0.1, 0.15) is 19.5 Å². The van der Waals surface area contributed by atoms with Crippen LogP contribution in [0.25, 0.3) is 6.08 Å². The summed E-state index contributed by atoms with van der Waals surface area (Å²) in [6, 6.07) is -0.471. The van der Waals surface area contributed by atoms with Gasteiger partial charge in [-0.3, -0.25) is 9.59 Å². The van der Waals surface area contributed by atoms with Crippen LogP contribution >= 0.6 is 0 Å². The molecule has 0 aromatic carbocycles. The molecule has 1 saturated heterocycles. The third kappa shape index (κ3) is 2.35. The Morgan fingerprint density at radius 1 is 1.41 bits per heavy atom.